The first kappa shape index (κ1) is 5.03. The number of aromatic nitrogens is 2. The van der Waals surface area contributed by atoms with Crippen molar-refractivity contribution in [3.05, 3.63) is 18.0 Å². The molecule has 1 aliphatic carbocycles. The van der Waals surface area contributed by atoms with E-state index in [2.05, 4.69) is 16.3 Å². The molecular weight excluding hydrogens is 112 g/mol. The number of rotatable bonds is 2. The molecule has 1 aromatic rings. The summed E-state index contributed by atoms with van der Waals surface area (Å²) in [5.41, 5.74) is 1.16. The second-order valence-electron chi connectivity index (χ2n) is 2.64. The van der Waals surface area contributed by atoms with Gasteiger partial charge in [-0.1, -0.05) is 0 Å². The Labute approximate surface area is 54.3 Å². The first-order chi connectivity index (χ1) is 4.45. The predicted molar refractivity (Wildman–Crippen MR) is 33.9 cm³/mol. The first-order valence-corrected chi connectivity index (χ1v) is 3.35. The maximum absolute atomic E-state index is 3.82. The van der Waals surface area contributed by atoms with Gasteiger partial charge in [-0.15, -0.1) is 0 Å². The molecule has 1 radical (unpaired) electrons. The first-order valence-electron chi connectivity index (χ1n) is 3.35. The molecule has 0 saturated heterocycles. The van der Waals surface area contributed by atoms with Crippen molar-refractivity contribution in [1.29, 1.82) is 0 Å². The number of nitrogens with zero attached hydrogens (tertiary/aromatic N) is 1. The van der Waals surface area contributed by atoms with Gasteiger partial charge in [0.2, 0.25) is 0 Å². The Morgan fingerprint density at radius 3 is 3.22 bits per heavy atom. The van der Waals surface area contributed by atoms with Gasteiger partial charge in [-0.05, 0) is 25.2 Å². The van der Waals surface area contributed by atoms with E-state index in [-0.39, 0.29) is 0 Å². The summed E-state index contributed by atoms with van der Waals surface area (Å²) in [5, 5.41) is 6.73. The van der Waals surface area contributed by atoms with E-state index in [1.807, 2.05) is 0 Å². The lowest BCUT2D eigenvalue weighted by Crippen LogP contribution is -1.85. The predicted octanol–water partition coefficient (Wildman–Crippen LogP) is 1.16. The minimum atomic E-state index is 0.932. The Hall–Kier alpha value is -0.790. The van der Waals surface area contributed by atoms with Crippen LogP contribution in [0.25, 0.3) is 0 Å². The summed E-state index contributed by atoms with van der Waals surface area (Å²) in [5.74, 6) is 0.932. The quantitative estimate of drug-likeness (QED) is 0.625. The molecule has 1 saturated carbocycles. The van der Waals surface area contributed by atoms with Crippen LogP contribution in [-0.4, -0.2) is 10.2 Å². The Morgan fingerprint density at radius 2 is 2.67 bits per heavy atom. The molecule has 0 amide bonds. The zero-order chi connectivity index (χ0) is 6.10. The van der Waals surface area contributed by atoms with Crippen LogP contribution in [0.1, 0.15) is 18.5 Å². The average Bonchev–Trinajstić information content (AvgIpc) is 2.46. The summed E-state index contributed by atoms with van der Waals surface area (Å²) in [6.45, 7) is 0. The second-order valence-corrected chi connectivity index (χ2v) is 2.64. The molecule has 1 heterocycles. The molecule has 1 aliphatic rings. The van der Waals surface area contributed by atoms with Crippen molar-refractivity contribution in [1.82, 2.24) is 10.2 Å². The maximum Gasteiger partial charge on any atom is 0.0569 e. The van der Waals surface area contributed by atoms with Crippen LogP contribution in [0.3, 0.4) is 0 Å². The lowest BCUT2D eigenvalue weighted by molar-refractivity contribution is 0.795. The zero-order valence-electron chi connectivity index (χ0n) is 5.22. The lowest BCUT2D eigenvalue weighted by Gasteiger charge is -1.88. The molecule has 1 aromatic heterocycles. The van der Waals surface area contributed by atoms with Crippen LogP contribution in [-0.2, 0) is 6.42 Å². The largest absolute Gasteiger partial charge is 0.282 e. The summed E-state index contributed by atoms with van der Waals surface area (Å²) in [6.07, 6.45) is 5.64. The summed E-state index contributed by atoms with van der Waals surface area (Å²) < 4.78 is 0. The van der Waals surface area contributed by atoms with Gasteiger partial charge in [-0.3, -0.25) is 5.10 Å². The van der Waals surface area contributed by atoms with Crippen molar-refractivity contribution >= 4 is 0 Å². The maximum atomic E-state index is 3.82. The van der Waals surface area contributed by atoms with Gasteiger partial charge < -0.3 is 0 Å². The van der Waals surface area contributed by atoms with Gasteiger partial charge in [-0.25, -0.2) is 0 Å². The monoisotopic (exact) mass is 121 g/mol. The van der Waals surface area contributed by atoms with Crippen molar-refractivity contribution in [3.8, 4) is 0 Å². The van der Waals surface area contributed by atoms with Gasteiger partial charge in [-0.2, -0.15) is 5.10 Å². The van der Waals surface area contributed by atoms with E-state index in [0.717, 1.165) is 18.0 Å². The molecule has 0 bridgehead atoms. The third-order valence-electron chi connectivity index (χ3n) is 1.69. The fourth-order valence-corrected chi connectivity index (χ4v) is 0.968. The van der Waals surface area contributed by atoms with Gasteiger partial charge >= 0.3 is 0 Å². The van der Waals surface area contributed by atoms with Gasteiger partial charge in [0.25, 0.3) is 0 Å². The van der Waals surface area contributed by atoms with E-state index in [0.29, 0.717) is 0 Å². The molecule has 0 atom stereocenters. The molecule has 2 heteroatoms. The van der Waals surface area contributed by atoms with Crippen LogP contribution in [0.15, 0.2) is 6.20 Å². The molecule has 1 fully saturated rings. The number of H-pyrrole nitrogens is 1. The molecular formula is C7H9N2. The Bertz CT molecular complexity index is 175. The van der Waals surface area contributed by atoms with Crippen LogP contribution in [0, 0.1) is 12.0 Å². The zero-order valence-corrected chi connectivity index (χ0v) is 5.22. The fourth-order valence-electron chi connectivity index (χ4n) is 0.968. The van der Waals surface area contributed by atoms with Gasteiger partial charge in [0.1, 0.15) is 0 Å². The highest BCUT2D eigenvalue weighted by Gasteiger charge is 2.21. The molecule has 0 aromatic carbocycles. The summed E-state index contributed by atoms with van der Waals surface area (Å²) in [6, 6.07) is 3.04. The Kier molecular flexibility index (Phi) is 1.04. The Balaban J connectivity index is 1.99. The minimum absolute atomic E-state index is 0.932. The van der Waals surface area contributed by atoms with Crippen LogP contribution in [0.5, 0.6) is 0 Å². The van der Waals surface area contributed by atoms with Crippen molar-refractivity contribution in [2.24, 2.45) is 5.92 Å². The highest BCUT2D eigenvalue weighted by molar-refractivity contribution is 4.98. The van der Waals surface area contributed by atoms with Crippen LogP contribution >= 0.6 is 0 Å². The smallest absolute Gasteiger partial charge is 0.0569 e. The minimum Gasteiger partial charge on any atom is -0.282 e. The molecule has 47 valence electrons. The van der Waals surface area contributed by atoms with Crippen molar-refractivity contribution in [3.63, 3.8) is 0 Å². The van der Waals surface area contributed by atoms with E-state index in [1.165, 1.54) is 12.8 Å². The van der Waals surface area contributed by atoms with Crippen molar-refractivity contribution in [2.45, 2.75) is 19.3 Å². The second kappa shape index (κ2) is 1.87. The van der Waals surface area contributed by atoms with Crippen molar-refractivity contribution < 1.29 is 0 Å². The van der Waals surface area contributed by atoms with Crippen LogP contribution in [0.2, 0.25) is 0 Å². The molecule has 9 heavy (non-hydrogen) atoms. The summed E-state index contributed by atoms with van der Waals surface area (Å²) in [7, 11) is 0. The van der Waals surface area contributed by atoms with Crippen molar-refractivity contribution in [2.75, 3.05) is 0 Å². The highest BCUT2D eigenvalue weighted by atomic mass is 15.1. The topological polar surface area (TPSA) is 28.7 Å². The number of aromatic amines is 1. The molecule has 0 spiro atoms. The average molecular weight is 121 g/mol. The SMILES string of the molecule is [c]1cn[nH]c1CC1CC1. The summed E-state index contributed by atoms with van der Waals surface area (Å²) >= 11 is 0. The van der Waals surface area contributed by atoms with E-state index in [1.54, 1.807) is 6.20 Å². The van der Waals surface area contributed by atoms with Gasteiger partial charge in [0, 0.05) is 11.8 Å². The number of nitrogens with one attached hydrogen (secondary N) is 1. The molecule has 2 nitrogen and oxygen atoms in total. The van der Waals surface area contributed by atoms with Crippen LogP contribution in [0.4, 0.5) is 0 Å². The normalized spacial score (nSPS) is 18.2. The number of hydrogen-bond acceptors (Lipinski definition) is 1. The molecule has 0 unspecified atom stereocenters. The van der Waals surface area contributed by atoms with Gasteiger partial charge in [0.15, 0.2) is 0 Å². The third kappa shape index (κ3) is 1.12. The van der Waals surface area contributed by atoms with E-state index < -0.39 is 0 Å². The third-order valence-corrected chi connectivity index (χ3v) is 1.69. The lowest BCUT2D eigenvalue weighted by atomic mass is 10.2. The Morgan fingerprint density at radius 1 is 1.78 bits per heavy atom. The van der Waals surface area contributed by atoms with Crippen LogP contribution < -0.4 is 0 Å². The fraction of sp³-hybridized carbons (Fsp3) is 0.571. The van der Waals surface area contributed by atoms with E-state index >= 15 is 0 Å². The molecule has 1 N–H and O–H groups in total. The highest BCUT2D eigenvalue weighted by Crippen LogP contribution is 2.31. The molecule has 0 aliphatic heterocycles. The summed E-state index contributed by atoms with van der Waals surface area (Å²) in [4.78, 5) is 0. The molecule has 2 rings (SSSR count). The number of hydrogen-bond donors (Lipinski definition) is 1. The standard InChI is InChI=1S/C7H9N2/c1-2-6(1)5-7-3-4-8-9-7/h4,6H,1-2,5H2,(H,8,9). The van der Waals surface area contributed by atoms with Gasteiger partial charge in [0.05, 0.1) is 6.20 Å². The van der Waals surface area contributed by atoms with E-state index in [4.69, 9.17) is 0 Å². The van der Waals surface area contributed by atoms with E-state index in [9.17, 15) is 0 Å².